The second-order valence-corrected chi connectivity index (χ2v) is 5.04. The normalized spacial score (nSPS) is 18.6. The maximum absolute atomic E-state index is 5.34. The van der Waals surface area contributed by atoms with Crippen LogP contribution in [0.2, 0.25) is 0 Å². The van der Waals surface area contributed by atoms with Crippen LogP contribution >= 0.6 is 0 Å². The van der Waals surface area contributed by atoms with E-state index in [0.717, 1.165) is 32.7 Å². The summed E-state index contributed by atoms with van der Waals surface area (Å²) in [5.41, 5.74) is 3.13. The van der Waals surface area contributed by atoms with E-state index in [1.54, 1.807) is 11.1 Å². The van der Waals surface area contributed by atoms with Crippen LogP contribution in [0.3, 0.4) is 0 Å². The summed E-state index contributed by atoms with van der Waals surface area (Å²) in [6, 6.07) is 8.93. The molecule has 100 valence electrons. The molecule has 1 aromatic rings. The lowest BCUT2D eigenvalue weighted by molar-refractivity contribution is 0.144. The molecule has 2 rings (SSSR count). The van der Waals surface area contributed by atoms with Crippen LogP contribution in [0.5, 0.6) is 0 Å². The van der Waals surface area contributed by atoms with Gasteiger partial charge in [0.1, 0.15) is 0 Å². The van der Waals surface area contributed by atoms with E-state index in [1.807, 2.05) is 6.92 Å². The van der Waals surface area contributed by atoms with Crippen molar-refractivity contribution in [3.8, 4) is 0 Å². The van der Waals surface area contributed by atoms with Gasteiger partial charge in [0.15, 0.2) is 0 Å². The minimum absolute atomic E-state index is 0.710. The van der Waals surface area contributed by atoms with E-state index < -0.39 is 0 Å². The molecular weight excluding hydrogens is 222 g/mol. The van der Waals surface area contributed by atoms with Gasteiger partial charge in [-0.1, -0.05) is 24.3 Å². The molecule has 1 unspecified atom stereocenters. The van der Waals surface area contributed by atoms with Crippen molar-refractivity contribution < 1.29 is 4.74 Å². The van der Waals surface area contributed by atoms with E-state index >= 15 is 0 Å². The molecule has 0 aromatic heterocycles. The largest absolute Gasteiger partial charge is 0.382 e. The molecule has 0 bridgehead atoms. The van der Waals surface area contributed by atoms with E-state index in [1.165, 1.54) is 19.3 Å². The predicted molar refractivity (Wildman–Crippen MR) is 76.1 cm³/mol. The monoisotopic (exact) mass is 247 g/mol. The first-order valence-electron chi connectivity index (χ1n) is 7.28. The van der Waals surface area contributed by atoms with Crippen molar-refractivity contribution >= 4 is 0 Å². The summed E-state index contributed by atoms with van der Waals surface area (Å²) in [7, 11) is 0. The molecule has 1 N–H and O–H groups in total. The zero-order chi connectivity index (χ0) is 12.6. The maximum Gasteiger partial charge on any atom is 0.0477 e. The quantitative estimate of drug-likeness (QED) is 0.747. The van der Waals surface area contributed by atoms with Gasteiger partial charge in [0.2, 0.25) is 0 Å². The lowest BCUT2D eigenvalue weighted by atomic mass is 9.83. The Morgan fingerprint density at radius 2 is 2.22 bits per heavy atom. The van der Waals surface area contributed by atoms with Crippen molar-refractivity contribution in [3.05, 3.63) is 35.4 Å². The Labute approximate surface area is 111 Å². The van der Waals surface area contributed by atoms with Gasteiger partial charge in [-0.15, -0.1) is 0 Å². The summed E-state index contributed by atoms with van der Waals surface area (Å²) >= 11 is 0. The highest BCUT2D eigenvalue weighted by molar-refractivity contribution is 5.32. The summed E-state index contributed by atoms with van der Waals surface area (Å²) in [4.78, 5) is 0. The molecule has 0 amide bonds. The fourth-order valence-corrected chi connectivity index (χ4v) is 2.79. The Kier molecular flexibility index (Phi) is 5.69. The number of aryl methyl sites for hydroxylation is 1. The van der Waals surface area contributed by atoms with E-state index in [-0.39, 0.29) is 0 Å². The molecular formula is C16H25NO. The van der Waals surface area contributed by atoms with Gasteiger partial charge in [-0.2, -0.15) is 0 Å². The molecule has 0 saturated carbocycles. The lowest BCUT2D eigenvalue weighted by Crippen LogP contribution is -2.25. The van der Waals surface area contributed by atoms with Gasteiger partial charge < -0.3 is 10.1 Å². The highest BCUT2D eigenvalue weighted by atomic mass is 16.5. The predicted octanol–water partition coefficient (Wildman–Crippen LogP) is 3.12. The van der Waals surface area contributed by atoms with Crippen LogP contribution in [0.4, 0.5) is 0 Å². The van der Waals surface area contributed by atoms with Crippen LogP contribution in [-0.4, -0.2) is 26.3 Å². The van der Waals surface area contributed by atoms with Crippen molar-refractivity contribution in [1.82, 2.24) is 5.32 Å². The zero-order valence-electron chi connectivity index (χ0n) is 11.5. The van der Waals surface area contributed by atoms with Crippen LogP contribution in [0.15, 0.2) is 24.3 Å². The van der Waals surface area contributed by atoms with Crippen molar-refractivity contribution in [2.24, 2.45) is 0 Å². The number of nitrogens with one attached hydrogen (secondary N) is 1. The average Bonchev–Trinajstić information content (AvgIpc) is 2.43. The number of fused-ring (bicyclic) bond motifs is 1. The Morgan fingerprint density at radius 1 is 1.33 bits per heavy atom. The third kappa shape index (κ3) is 3.82. The Balaban J connectivity index is 1.74. The first-order chi connectivity index (χ1) is 8.92. The topological polar surface area (TPSA) is 21.3 Å². The van der Waals surface area contributed by atoms with E-state index in [4.69, 9.17) is 4.74 Å². The van der Waals surface area contributed by atoms with Crippen LogP contribution < -0.4 is 5.32 Å². The second kappa shape index (κ2) is 7.55. The van der Waals surface area contributed by atoms with Crippen molar-refractivity contribution in [1.29, 1.82) is 0 Å². The van der Waals surface area contributed by atoms with Gasteiger partial charge in [-0.05, 0) is 56.2 Å². The summed E-state index contributed by atoms with van der Waals surface area (Å²) in [6.07, 6.45) is 5.04. The number of hydrogen-bond donors (Lipinski definition) is 1. The highest BCUT2D eigenvalue weighted by Crippen LogP contribution is 2.30. The standard InChI is InChI=1S/C16H25NO/c1-2-18-12-6-11-17-13-15-9-5-8-14-7-3-4-10-16(14)15/h3-4,7,10,15,17H,2,5-6,8-9,11-13H2,1H3. The van der Waals surface area contributed by atoms with Gasteiger partial charge >= 0.3 is 0 Å². The molecule has 2 nitrogen and oxygen atoms in total. The Bertz CT molecular complexity index is 351. The molecule has 18 heavy (non-hydrogen) atoms. The molecule has 0 aliphatic heterocycles. The highest BCUT2D eigenvalue weighted by Gasteiger charge is 2.18. The van der Waals surface area contributed by atoms with E-state index in [2.05, 4.69) is 29.6 Å². The van der Waals surface area contributed by atoms with Gasteiger partial charge in [0.05, 0.1) is 0 Å². The molecule has 2 heteroatoms. The Hall–Kier alpha value is -0.860. The van der Waals surface area contributed by atoms with Crippen molar-refractivity contribution in [3.63, 3.8) is 0 Å². The molecule has 0 saturated heterocycles. The fourth-order valence-electron chi connectivity index (χ4n) is 2.79. The van der Waals surface area contributed by atoms with Crippen molar-refractivity contribution in [2.45, 2.75) is 38.5 Å². The molecule has 0 spiro atoms. The van der Waals surface area contributed by atoms with Gasteiger partial charge in [-0.25, -0.2) is 0 Å². The average molecular weight is 247 g/mol. The minimum atomic E-state index is 0.710. The summed E-state index contributed by atoms with van der Waals surface area (Å²) in [6.45, 7) is 5.94. The van der Waals surface area contributed by atoms with Crippen LogP contribution in [0, 0.1) is 0 Å². The van der Waals surface area contributed by atoms with E-state index in [0.29, 0.717) is 5.92 Å². The smallest absolute Gasteiger partial charge is 0.0477 e. The summed E-state index contributed by atoms with van der Waals surface area (Å²) < 4.78 is 5.34. The zero-order valence-corrected chi connectivity index (χ0v) is 11.5. The van der Waals surface area contributed by atoms with Gasteiger partial charge in [0.25, 0.3) is 0 Å². The molecule has 1 aliphatic carbocycles. The van der Waals surface area contributed by atoms with Gasteiger partial charge in [-0.3, -0.25) is 0 Å². The third-order valence-electron chi connectivity index (χ3n) is 3.73. The maximum atomic E-state index is 5.34. The van der Waals surface area contributed by atoms with Crippen LogP contribution in [-0.2, 0) is 11.2 Å². The molecule has 1 atom stereocenters. The first kappa shape index (κ1) is 13.6. The van der Waals surface area contributed by atoms with Crippen molar-refractivity contribution in [2.75, 3.05) is 26.3 Å². The number of hydrogen-bond acceptors (Lipinski definition) is 2. The number of benzene rings is 1. The second-order valence-electron chi connectivity index (χ2n) is 5.04. The molecule has 1 aromatic carbocycles. The van der Waals surface area contributed by atoms with Crippen LogP contribution in [0.25, 0.3) is 0 Å². The Morgan fingerprint density at radius 3 is 3.11 bits per heavy atom. The SMILES string of the molecule is CCOCCCNCC1CCCc2ccccc21. The van der Waals surface area contributed by atoms with Gasteiger partial charge in [0, 0.05) is 19.8 Å². The molecule has 0 radical (unpaired) electrons. The minimum Gasteiger partial charge on any atom is -0.382 e. The lowest BCUT2D eigenvalue weighted by Gasteiger charge is -2.25. The molecule has 0 heterocycles. The fraction of sp³-hybridized carbons (Fsp3) is 0.625. The van der Waals surface area contributed by atoms with E-state index in [9.17, 15) is 0 Å². The van der Waals surface area contributed by atoms with Crippen LogP contribution in [0.1, 0.15) is 43.2 Å². The summed E-state index contributed by atoms with van der Waals surface area (Å²) in [5, 5.41) is 3.57. The molecule has 0 fully saturated rings. The molecule has 1 aliphatic rings. The first-order valence-corrected chi connectivity index (χ1v) is 7.28. The third-order valence-corrected chi connectivity index (χ3v) is 3.73. The summed E-state index contributed by atoms with van der Waals surface area (Å²) in [5.74, 6) is 0.710. The number of rotatable bonds is 7. The number of ether oxygens (including phenoxy) is 1.